The summed E-state index contributed by atoms with van der Waals surface area (Å²) in [5.74, 6) is 0. The van der Waals surface area contributed by atoms with Gasteiger partial charge in [0.1, 0.15) is 0 Å². The Balaban J connectivity index is 2.52. The maximum absolute atomic E-state index is 8.76. The van der Waals surface area contributed by atoms with Crippen LogP contribution in [0.4, 0.5) is 5.69 Å². The second kappa shape index (κ2) is 3.09. The van der Waals surface area contributed by atoms with Crippen LogP contribution in [0.5, 0.6) is 0 Å². The van der Waals surface area contributed by atoms with Crippen LogP contribution in [-0.4, -0.2) is 10.9 Å². The van der Waals surface area contributed by atoms with Crippen LogP contribution in [-0.2, 0) is 6.42 Å². The van der Waals surface area contributed by atoms with Gasteiger partial charge in [-0.25, -0.2) is 0 Å². The Morgan fingerprint density at radius 2 is 2.15 bits per heavy atom. The second-order valence-corrected chi connectivity index (χ2v) is 3.32. The topological polar surface area (TPSA) is 58.6 Å². The highest BCUT2D eigenvalue weighted by Gasteiger charge is 2.15. The van der Waals surface area contributed by atoms with Crippen molar-refractivity contribution in [2.45, 2.75) is 19.3 Å². The van der Waals surface area contributed by atoms with Gasteiger partial charge in [-0.05, 0) is 37.0 Å². The standard InChI is InChI=1S/C10H12N2O/c11-8-4-5-9-7(6-8)2-1-3-10(9)12-13/h4-6,13H,1-3,11H2/b12-10+. The number of oxime groups is 1. The quantitative estimate of drug-likeness (QED) is 0.359. The highest BCUT2D eigenvalue weighted by atomic mass is 16.4. The van der Waals surface area contributed by atoms with Crippen molar-refractivity contribution in [3.8, 4) is 0 Å². The van der Waals surface area contributed by atoms with Gasteiger partial charge in [-0.1, -0.05) is 11.2 Å². The molecule has 0 aromatic heterocycles. The molecule has 0 aliphatic heterocycles. The fraction of sp³-hybridized carbons (Fsp3) is 0.300. The van der Waals surface area contributed by atoms with E-state index >= 15 is 0 Å². The molecule has 0 saturated heterocycles. The van der Waals surface area contributed by atoms with Gasteiger partial charge in [0.15, 0.2) is 0 Å². The SMILES string of the molecule is Nc1ccc2c(c1)CCC/C2=N\O. The molecule has 1 aliphatic carbocycles. The van der Waals surface area contributed by atoms with Crippen molar-refractivity contribution in [1.29, 1.82) is 0 Å². The first-order chi connectivity index (χ1) is 6.31. The number of nitrogens with zero attached hydrogens (tertiary/aromatic N) is 1. The minimum absolute atomic E-state index is 0.776. The van der Waals surface area contributed by atoms with Crippen molar-refractivity contribution in [2.75, 3.05) is 5.73 Å². The molecule has 2 rings (SSSR count). The number of nitrogens with two attached hydrogens (primary N) is 1. The fourth-order valence-corrected chi connectivity index (χ4v) is 1.79. The Morgan fingerprint density at radius 1 is 1.31 bits per heavy atom. The molecule has 3 nitrogen and oxygen atoms in total. The van der Waals surface area contributed by atoms with E-state index in [1.165, 1.54) is 5.56 Å². The lowest BCUT2D eigenvalue weighted by Gasteiger charge is -2.16. The van der Waals surface area contributed by atoms with Gasteiger partial charge >= 0.3 is 0 Å². The number of hydrogen-bond donors (Lipinski definition) is 2. The van der Waals surface area contributed by atoms with Crippen LogP contribution < -0.4 is 5.73 Å². The van der Waals surface area contributed by atoms with Crippen molar-refractivity contribution >= 4 is 11.4 Å². The van der Waals surface area contributed by atoms with Crippen LogP contribution in [0.15, 0.2) is 23.4 Å². The number of aryl methyl sites for hydroxylation is 1. The van der Waals surface area contributed by atoms with Crippen LogP contribution in [0, 0.1) is 0 Å². The monoisotopic (exact) mass is 176 g/mol. The van der Waals surface area contributed by atoms with Gasteiger partial charge in [0.2, 0.25) is 0 Å². The Labute approximate surface area is 76.9 Å². The van der Waals surface area contributed by atoms with Crippen molar-refractivity contribution in [1.82, 2.24) is 0 Å². The predicted octanol–water partition coefficient (Wildman–Crippen LogP) is 1.78. The van der Waals surface area contributed by atoms with Gasteiger partial charge < -0.3 is 10.9 Å². The van der Waals surface area contributed by atoms with Crippen molar-refractivity contribution in [3.63, 3.8) is 0 Å². The molecule has 0 saturated carbocycles. The lowest BCUT2D eigenvalue weighted by atomic mass is 9.90. The zero-order valence-electron chi connectivity index (χ0n) is 7.33. The van der Waals surface area contributed by atoms with Gasteiger partial charge in [-0.2, -0.15) is 0 Å². The minimum atomic E-state index is 0.776. The van der Waals surface area contributed by atoms with E-state index in [-0.39, 0.29) is 0 Å². The normalized spacial score (nSPS) is 18.6. The molecule has 0 unspecified atom stereocenters. The molecule has 0 spiro atoms. The van der Waals surface area contributed by atoms with E-state index in [2.05, 4.69) is 5.16 Å². The third kappa shape index (κ3) is 1.37. The molecule has 0 atom stereocenters. The lowest BCUT2D eigenvalue weighted by molar-refractivity contribution is 0.317. The highest BCUT2D eigenvalue weighted by molar-refractivity contribution is 6.02. The molecule has 0 amide bonds. The lowest BCUT2D eigenvalue weighted by Crippen LogP contribution is -2.12. The smallest absolute Gasteiger partial charge is 0.0870 e. The summed E-state index contributed by atoms with van der Waals surface area (Å²) in [6.07, 6.45) is 2.92. The molecule has 1 aliphatic rings. The first-order valence-corrected chi connectivity index (χ1v) is 4.41. The van der Waals surface area contributed by atoms with Crippen molar-refractivity contribution < 1.29 is 5.21 Å². The predicted molar refractivity (Wildman–Crippen MR) is 52.1 cm³/mol. The van der Waals surface area contributed by atoms with Crippen LogP contribution >= 0.6 is 0 Å². The van der Waals surface area contributed by atoms with Crippen LogP contribution in [0.2, 0.25) is 0 Å². The summed E-state index contributed by atoms with van der Waals surface area (Å²) in [5, 5.41) is 12.1. The summed E-state index contributed by atoms with van der Waals surface area (Å²) in [5.41, 5.74) is 9.46. The van der Waals surface area contributed by atoms with E-state index in [9.17, 15) is 0 Å². The van der Waals surface area contributed by atoms with E-state index in [1.807, 2.05) is 18.2 Å². The number of fused-ring (bicyclic) bond motifs is 1. The maximum Gasteiger partial charge on any atom is 0.0870 e. The van der Waals surface area contributed by atoms with Gasteiger partial charge in [-0.15, -0.1) is 0 Å². The van der Waals surface area contributed by atoms with Gasteiger partial charge in [0, 0.05) is 11.3 Å². The van der Waals surface area contributed by atoms with E-state index in [0.29, 0.717) is 0 Å². The van der Waals surface area contributed by atoms with Crippen molar-refractivity contribution in [3.05, 3.63) is 29.3 Å². The van der Waals surface area contributed by atoms with Crippen LogP contribution in [0.1, 0.15) is 24.0 Å². The molecule has 0 radical (unpaired) electrons. The van der Waals surface area contributed by atoms with Gasteiger partial charge in [0.25, 0.3) is 0 Å². The van der Waals surface area contributed by atoms with Crippen molar-refractivity contribution in [2.24, 2.45) is 5.16 Å². The zero-order valence-corrected chi connectivity index (χ0v) is 7.33. The third-order valence-corrected chi connectivity index (χ3v) is 2.42. The molecule has 1 aromatic rings. The molecular formula is C10H12N2O. The third-order valence-electron chi connectivity index (χ3n) is 2.42. The fourth-order valence-electron chi connectivity index (χ4n) is 1.79. The number of hydrogen-bond acceptors (Lipinski definition) is 3. The van der Waals surface area contributed by atoms with E-state index in [4.69, 9.17) is 10.9 Å². The Morgan fingerprint density at radius 3 is 2.92 bits per heavy atom. The molecule has 0 fully saturated rings. The molecule has 68 valence electrons. The summed E-state index contributed by atoms with van der Waals surface area (Å²) < 4.78 is 0. The Kier molecular flexibility index (Phi) is 1.93. The summed E-state index contributed by atoms with van der Waals surface area (Å²) >= 11 is 0. The molecule has 1 aromatic carbocycles. The van der Waals surface area contributed by atoms with Crippen LogP contribution in [0.3, 0.4) is 0 Å². The minimum Gasteiger partial charge on any atom is -0.411 e. The molecule has 0 bridgehead atoms. The molecule has 0 heterocycles. The number of nitrogen functional groups attached to an aromatic ring is 1. The summed E-state index contributed by atoms with van der Waals surface area (Å²) in [6, 6.07) is 5.73. The first-order valence-electron chi connectivity index (χ1n) is 4.41. The highest BCUT2D eigenvalue weighted by Crippen LogP contribution is 2.23. The maximum atomic E-state index is 8.76. The molecule has 13 heavy (non-hydrogen) atoms. The van der Waals surface area contributed by atoms with Gasteiger partial charge in [0.05, 0.1) is 5.71 Å². The number of rotatable bonds is 0. The second-order valence-electron chi connectivity index (χ2n) is 3.32. The number of benzene rings is 1. The number of anilines is 1. The first kappa shape index (κ1) is 8.10. The van der Waals surface area contributed by atoms with E-state index in [1.54, 1.807) is 0 Å². The largest absolute Gasteiger partial charge is 0.411 e. The Bertz CT molecular complexity index is 358. The van der Waals surface area contributed by atoms with Gasteiger partial charge in [-0.3, -0.25) is 0 Å². The summed E-state index contributed by atoms with van der Waals surface area (Å²) in [7, 11) is 0. The summed E-state index contributed by atoms with van der Waals surface area (Å²) in [6.45, 7) is 0. The zero-order chi connectivity index (χ0) is 9.26. The average molecular weight is 176 g/mol. The van der Waals surface area contributed by atoms with E-state index in [0.717, 1.165) is 36.2 Å². The molecular weight excluding hydrogens is 164 g/mol. The average Bonchev–Trinajstić information content (AvgIpc) is 2.16. The summed E-state index contributed by atoms with van der Waals surface area (Å²) in [4.78, 5) is 0. The molecule has 3 N–H and O–H groups in total. The van der Waals surface area contributed by atoms with Crippen LogP contribution in [0.25, 0.3) is 0 Å². The Hall–Kier alpha value is -1.51. The molecule has 3 heteroatoms. The van der Waals surface area contributed by atoms with E-state index < -0.39 is 0 Å².